The van der Waals surface area contributed by atoms with Gasteiger partial charge < -0.3 is 15.0 Å². The third-order valence-corrected chi connectivity index (χ3v) is 6.17. The number of benzene rings is 2. The van der Waals surface area contributed by atoms with Gasteiger partial charge in [-0.05, 0) is 63.4 Å². The fourth-order valence-corrected chi connectivity index (χ4v) is 3.52. The van der Waals surface area contributed by atoms with Crippen LogP contribution in [0.3, 0.4) is 0 Å². The van der Waals surface area contributed by atoms with Gasteiger partial charge >= 0.3 is 0 Å². The van der Waals surface area contributed by atoms with Crippen molar-refractivity contribution in [1.29, 1.82) is 0 Å². The zero-order chi connectivity index (χ0) is 23.1. The SMILES string of the molecule is CCC(C)NC(=O)C(C)N(Cc1c(Cl)cccc1Cl)C(=O)COc1cccc(C)c1C. The van der Waals surface area contributed by atoms with Crippen molar-refractivity contribution in [3.8, 4) is 5.75 Å². The maximum atomic E-state index is 13.2. The molecule has 0 spiro atoms. The number of nitrogens with one attached hydrogen (secondary N) is 1. The molecule has 5 nitrogen and oxygen atoms in total. The van der Waals surface area contributed by atoms with Crippen molar-refractivity contribution in [3.63, 3.8) is 0 Å². The summed E-state index contributed by atoms with van der Waals surface area (Å²) >= 11 is 12.7. The molecular formula is C24H30Cl2N2O3. The third-order valence-electron chi connectivity index (χ3n) is 5.46. The maximum Gasteiger partial charge on any atom is 0.261 e. The molecule has 0 aliphatic heterocycles. The molecule has 168 valence electrons. The maximum absolute atomic E-state index is 13.2. The van der Waals surface area contributed by atoms with Gasteiger partial charge in [0.1, 0.15) is 11.8 Å². The standard InChI is InChI=1S/C24H30Cl2N2O3/c1-6-16(3)27-24(30)18(5)28(13-19-20(25)10-8-11-21(19)26)23(29)14-31-22-12-7-9-15(2)17(22)4/h7-12,16,18H,6,13-14H2,1-5H3,(H,27,30). The van der Waals surface area contributed by atoms with Gasteiger partial charge in [-0.15, -0.1) is 0 Å². The van der Waals surface area contributed by atoms with Gasteiger partial charge in [0.15, 0.2) is 6.61 Å². The Kier molecular flexibility index (Phi) is 9.20. The Morgan fingerprint density at radius 2 is 1.68 bits per heavy atom. The minimum absolute atomic E-state index is 0.00185. The first-order chi connectivity index (χ1) is 14.6. The van der Waals surface area contributed by atoms with E-state index in [-0.39, 0.29) is 31.0 Å². The van der Waals surface area contributed by atoms with Crippen molar-refractivity contribution in [2.45, 2.75) is 59.7 Å². The van der Waals surface area contributed by atoms with Crippen LogP contribution in [0.1, 0.15) is 43.9 Å². The van der Waals surface area contributed by atoms with Gasteiger partial charge in [-0.25, -0.2) is 0 Å². The molecule has 0 radical (unpaired) electrons. The summed E-state index contributed by atoms with van der Waals surface area (Å²) in [4.78, 5) is 27.4. The first-order valence-corrected chi connectivity index (χ1v) is 11.1. The lowest BCUT2D eigenvalue weighted by Gasteiger charge is -2.30. The minimum atomic E-state index is -0.726. The normalized spacial score (nSPS) is 12.7. The third kappa shape index (κ3) is 6.62. The molecule has 7 heteroatoms. The summed E-state index contributed by atoms with van der Waals surface area (Å²) in [6.45, 7) is 9.43. The van der Waals surface area contributed by atoms with Crippen LogP contribution in [0.2, 0.25) is 10.0 Å². The highest BCUT2D eigenvalue weighted by molar-refractivity contribution is 6.36. The highest BCUT2D eigenvalue weighted by Gasteiger charge is 2.28. The Morgan fingerprint density at radius 1 is 1.06 bits per heavy atom. The van der Waals surface area contributed by atoms with Crippen molar-refractivity contribution in [2.75, 3.05) is 6.61 Å². The van der Waals surface area contributed by atoms with Crippen LogP contribution in [0.15, 0.2) is 36.4 Å². The van der Waals surface area contributed by atoms with Crippen LogP contribution in [-0.4, -0.2) is 35.4 Å². The number of rotatable bonds is 9. The molecule has 31 heavy (non-hydrogen) atoms. The Balaban J connectivity index is 2.26. The second-order valence-electron chi connectivity index (χ2n) is 7.70. The molecule has 1 N–H and O–H groups in total. The molecule has 0 aliphatic rings. The van der Waals surface area contributed by atoms with Crippen LogP contribution < -0.4 is 10.1 Å². The van der Waals surface area contributed by atoms with E-state index < -0.39 is 6.04 Å². The minimum Gasteiger partial charge on any atom is -0.483 e. The lowest BCUT2D eigenvalue weighted by Crippen LogP contribution is -2.50. The van der Waals surface area contributed by atoms with Gasteiger partial charge in [0.25, 0.3) is 5.91 Å². The lowest BCUT2D eigenvalue weighted by atomic mass is 10.1. The second-order valence-corrected chi connectivity index (χ2v) is 8.52. The molecule has 2 amide bonds. The van der Waals surface area contributed by atoms with Crippen LogP contribution in [-0.2, 0) is 16.1 Å². The Morgan fingerprint density at radius 3 is 2.29 bits per heavy atom. The van der Waals surface area contributed by atoms with Gasteiger partial charge in [-0.3, -0.25) is 9.59 Å². The molecule has 2 unspecified atom stereocenters. The van der Waals surface area contributed by atoms with E-state index in [4.69, 9.17) is 27.9 Å². The predicted molar refractivity (Wildman–Crippen MR) is 126 cm³/mol. The fourth-order valence-electron chi connectivity index (χ4n) is 3.00. The average molecular weight is 465 g/mol. The van der Waals surface area contributed by atoms with E-state index in [2.05, 4.69) is 5.32 Å². The number of amides is 2. The summed E-state index contributed by atoms with van der Waals surface area (Å²) in [5.74, 6) is 0.0714. The number of carbonyl (C=O) groups is 2. The van der Waals surface area contributed by atoms with Crippen molar-refractivity contribution < 1.29 is 14.3 Å². The number of hydrogen-bond donors (Lipinski definition) is 1. The number of carbonyl (C=O) groups excluding carboxylic acids is 2. The number of halogens is 2. The highest BCUT2D eigenvalue weighted by atomic mass is 35.5. The van der Waals surface area contributed by atoms with E-state index in [0.29, 0.717) is 21.4 Å². The van der Waals surface area contributed by atoms with E-state index in [1.807, 2.05) is 45.9 Å². The van der Waals surface area contributed by atoms with Crippen molar-refractivity contribution >= 4 is 35.0 Å². The van der Waals surface area contributed by atoms with Crippen LogP contribution in [0.25, 0.3) is 0 Å². The number of ether oxygens (including phenoxy) is 1. The second kappa shape index (κ2) is 11.4. The van der Waals surface area contributed by atoms with E-state index >= 15 is 0 Å². The van der Waals surface area contributed by atoms with Gasteiger partial charge in [-0.1, -0.05) is 48.3 Å². The van der Waals surface area contributed by atoms with E-state index in [9.17, 15) is 9.59 Å². The molecular weight excluding hydrogens is 435 g/mol. The van der Waals surface area contributed by atoms with Crippen LogP contribution in [0, 0.1) is 13.8 Å². The molecule has 0 saturated heterocycles. The summed E-state index contributed by atoms with van der Waals surface area (Å²) in [7, 11) is 0. The molecule has 2 rings (SSSR count). The summed E-state index contributed by atoms with van der Waals surface area (Å²) in [6.07, 6.45) is 0.790. The number of aryl methyl sites for hydroxylation is 1. The Hall–Kier alpha value is -2.24. The Bertz CT molecular complexity index is 913. The first kappa shape index (κ1) is 25.0. The van der Waals surface area contributed by atoms with Crippen LogP contribution >= 0.6 is 23.2 Å². The molecule has 0 aromatic heterocycles. The number of hydrogen-bond acceptors (Lipinski definition) is 3. The molecule has 0 saturated carbocycles. The largest absolute Gasteiger partial charge is 0.483 e. The Labute approximate surface area is 194 Å². The van der Waals surface area contributed by atoms with Gasteiger partial charge in [0.05, 0.1) is 0 Å². The molecule has 0 bridgehead atoms. The molecule has 2 aromatic rings. The predicted octanol–water partition coefficient (Wildman–Crippen LogP) is 5.32. The van der Waals surface area contributed by atoms with Gasteiger partial charge in [0.2, 0.25) is 5.91 Å². The van der Waals surface area contributed by atoms with Gasteiger partial charge in [0, 0.05) is 28.2 Å². The van der Waals surface area contributed by atoms with Crippen molar-refractivity contribution in [2.24, 2.45) is 0 Å². The summed E-state index contributed by atoms with van der Waals surface area (Å²) in [6, 6.07) is 10.1. The highest BCUT2D eigenvalue weighted by Crippen LogP contribution is 2.27. The summed E-state index contributed by atoms with van der Waals surface area (Å²) in [5.41, 5.74) is 2.64. The fraction of sp³-hybridized carbons (Fsp3) is 0.417. The van der Waals surface area contributed by atoms with E-state index in [0.717, 1.165) is 17.5 Å². The molecule has 0 heterocycles. The van der Waals surface area contributed by atoms with Crippen molar-refractivity contribution in [3.05, 3.63) is 63.1 Å². The molecule has 2 aromatic carbocycles. The first-order valence-electron chi connectivity index (χ1n) is 10.4. The van der Waals surface area contributed by atoms with E-state index in [1.54, 1.807) is 25.1 Å². The summed E-state index contributed by atoms with van der Waals surface area (Å²) < 4.78 is 5.80. The zero-order valence-corrected chi connectivity index (χ0v) is 20.2. The molecule has 0 aliphatic carbocycles. The monoisotopic (exact) mass is 464 g/mol. The van der Waals surface area contributed by atoms with Gasteiger partial charge in [-0.2, -0.15) is 0 Å². The zero-order valence-electron chi connectivity index (χ0n) is 18.7. The number of nitrogens with zero attached hydrogens (tertiary/aromatic N) is 1. The smallest absolute Gasteiger partial charge is 0.261 e. The summed E-state index contributed by atoms with van der Waals surface area (Å²) in [5, 5.41) is 3.81. The van der Waals surface area contributed by atoms with Crippen molar-refractivity contribution in [1.82, 2.24) is 10.2 Å². The van der Waals surface area contributed by atoms with Crippen LogP contribution in [0.4, 0.5) is 0 Å². The topological polar surface area (TPSA) is 58.6 Å². The lowest BCUT2D eigenvalue weighted by molar-refractivity contribution is -0.142. The average Bonchev–Trinajstić information content (AvgIpc) is 2.73. The van der Waals surface area contributed by atoms with E-state index in [1.165, 1.54) is 4.90 Å². The van der Waals surface area contributed by atoms with Crippen LogP contribution in [0.5, 0.6) is 5.75 Å². The quantitative estimate of drug-likeness (QED) is 0.545. The molecule has 2 atom stereocenters. The molecule has 0 fully saturated rings.